The monoisotopic (exact) mass is 495 g/mol. The molecule has 0 unspecified atom stereocenters. The van der Waals surface area contributed by atoms with E-state index >= 15 is 0 Å². The maximum absolute atomic E-state index is 12.6. The summed E-state index contributed by atoms with van der Waals surface area (Å²) in [6, 6.07) is 5.13. The first-order chi connectivity index (χ1) is 15.5. The first-order valence-electron chi connectivity index (χ1n) is 10.4. The van der Waals surface area contributed by atoms with Crippen LogP contribution in [0.3, 0.4) is 0 Å². The van der Waals surface area contributed by atoms with Crippen LogP contribution in [-0.2, 0) is 37.7 Å². The van der Waals surface area contributed by atoms with Crippen molar-refractivity contribution in [3.63, 3.8) is 0 Å². The highest BCUT2D eigenvalue weighted by Crippen LogP contribution is 2.26. The molecule has 0 saturated carbocycles. The predicted octanol–water partition coefficient (Wildman–Crippen LogP) is 1.94. The number of imidazole rings is 1. The van der Waals surface area contributed by atoms with Gasteiger partial charge in [-0.3, -0.25) is 0 Å². The summed E-state index contributed by atoms with van der Waals surface area (Å²) in [5.74, 6) is 1.05. The smallest absolute Gasteiger partial charge is 0.240 e. The maximum Gasteiger partial charge on any atom is 0.240 e. The van der Waals surface area contributed by atoms with Gasteiger partial charge < -0.3 is 15.0 Å². The lowest BCUT2D eigenvalue weighted by Gasteiger charge is -2.12. The lowest BCUT2D eigenvalue weighted by molar-refractivity contribution is 0.126. The Morgan fingerprint density at radius 1 is 1.06 bits per heavy atom. The van der Waals surface area contributed by atoms with Crippen LogP contribution in [0.1, 0.15) is 30.4 Å². The molecule has 0 spiro atoms. The van der Waals surface area contributed by atoms with Crippen LogP contribution in [0.25, 0.3) is 11.0 Å². The molecule has 0 atom stereocenters. The molecule has 10 nitrogen and oxygen atoms in total. The molecule has 180 valence electrons. The first kappa shape index (κ1) is 25.1. The van der Waals surface area contributed by atoms with Crippen molar-refractivity contribution in [2.45, 2.75) is 50.1 Å². The van der Waals surface area contributed by atoms with Crippen LogP contribution < -0.4 is 10.5 Å². The van der Waals surface area contributed by atoms with Crippen LogP contribution in [0, 0.1) is 13.8 Å². The van der Waals surface area contributed by atoms with Gasteiger partial charge in [-0.25, -0.2) is 31.5 Å². The summed E-state index contributed by atoms with van der Waals surface area (Å²) in [5, 5.41) is 0. The SMILES string of the molecule is CCOCc1nc2c(N)nc(C)c(C)c2n1CCCNS(=O)(=O)c1ccc(S(C)(=O)=O)cc1. The molecule has 0 amide bonds. The zero-order valence-corrected chi connectivity index (χ0v) is 20.8. The second-order valence-corrected chi connectivity index (χ2v) is 11.5. The van der Waals surface area contributed by atoms with Crippen molar-refractivity contribution in [2.24, 2.45) is 0 Å². The van der Waals surface area contributed by atoms with E-state index in [1.54, 1.807) is 0 Å². The number of anilines is 1. The molecular formula is C21H29N5O5S2. The van der Waals surface area contributed by atoms with Gasteiger partial charge in [-0.15, -0.1) is 0 Å². The Morgan fingerprint density at radius 2 is 1.70 bits per heavy atom. The highest BCUT2D eigenvalue weighted by Gasteiger charge is 2.19. The second-order valence-electron chi connectivity index (χ2n) is 7.72. The molecule has 12 heteroatoms. The number of hydrogen-bond donors (Lipinski definition) is 2. The van der Waals surface area contributed by atoms with Crippen molar-refractivity contribution < 1.29 is 21.6 Å². The molecule has 3 N–H and O–H groups in total. The van der Waals surface area contributed by atoms with Crippen molar-refractivity contribution in [1.29, 1.82) is 0 Å². The Hall–Kier alpha value is -2.54. The summed E-state index contributed by atoms with van der Waals surface area (Å²) < 4.78 is 58.5. The molecule has 2 heterocycles. The molecule has 0 radical (unpaired) electrons. The van der Waals surface area contributed by atoms with Gasteiger partial charge in [0.15, 0.2) is 15.7 Å². The quantitative estimate of drug-likeness (QED) is 0.406. The van der Waals surface area contributed by atoms with Gasteiger partial charge in [-0.05, 0) is 57.0 Å². The fourth-order valence-corrected chi connectivity index (χ4v) is 5.19. The number of aromatic nitrogens is 3. The molecule has 1 aromatic carbocycles. The Kier molecular flexibility index (Phi) is 7.42. The maximum atomic E-state index is 12.6. The predicted molar refractivity (Wildman–Crippen MR) is 126 cm³/mol. The van der Waals surface area contributed by atoms with Crippen LogP contribution in [0.2, 0.25) is 0 Å². The number of nitrogens with zero attached hydrogens (tertiary/aromatic N) is 3. The fourth-order valence-electron chi connectivity index (χ4n) is 3.48. The number of nitrogen functional groups attached to an aromatic ring is 1. The number of sulfone groups is 1. The van der Waals surface area contributed by atoms with Crippen molar-refractivity contribution in [1.82, 2.24) is 19.3 Å². The highest BCUT2D eigenvalue weighted by atomic mass is 32.2. The number of sulfonamides is 1. The Labute approximate surface area is 194 Å². The first-order valence-corrected chi connectivity index (χ1v) is 13.8. The Morgan fingerprint density at radius 3 is 2.30 bits per heavy atom. The summed E-state index contributed by atoms with van der Waals surface area (Å²) in [6.07, 6.45) is 1.56. The Bertz CT molecular complexity index is 1360. The minimum absolute atomic E-state index is 0.00494. The average molecular weight is 496 g/mol. The lowest BCUT2D eigenvalue weighted by Crippen LogP contribution is -2.25. The molecule has 33 heavy (non-hydrogen) atoms. The van der Waals surface area contributed by atoms with Gasteiger partial charge in [0.1, 0.15) is 17.9 Å². The van der Waals surface area contributed by atoms with Gasteiger partial charge in [0.2, 0.25) is 10.0 Å². The van der Waals surface area contributed by atoms with E-state index in [0.29, 0.717) is 43.3 Å². The number of aryl methyl sites for hydroxylation is 3. The number of hydrogen-bond acceptors (Lipinski definition) is 8. The molecule has 0 fully saturated rings. The second kappa shape index (κ2) is 9.75. The zero-order valence-electron chi connectivity index (χ0n) is 19.1. The molecule has 0 aliphatic heterocycles. The van der Waals surface area contributed by atoms with E-state index in [1.165, 1.54) is 24.3 Å². The molecule has 2 aromatic heterocycles. The standard InChI is InChI=1S/C21H29N5O5S2/c1-5-31-13-18-25-19-20(14(2)15(3)24-21(19)22)26(18)12-6-11-23-33(29,30)17-9-7-16(8-10-17)32(4,27)28/h7-10,23H,5-6,11-13H2,1-4H3,(H2,22,24). The molecule has 0 saturated heterocycles. The van der Waals surface area contributed by atoms with E-state index in [-0.39, 0.29) is 16.3 Å². The molecule has 0 aliphatic carbocycles. The number of ether oxygens (including phenoxy) is 1. The van der Waals surface area contributed by atoms with Crippen molar-refractivity contribution >= 4 is 36.7 Å². The molecule has 3 aromatic rings. The minimum Gasteiger partial charge on any atom is -0.382 e. The van der Waals surface area contributed by atoms with Gasteiger partial charge >= 0.3 is 0 Å². The number of benzene rings is 1. The van der Waals surface area contributed by atoms with Crippen LogP contribution in [-0.4, -0.2) is 50.8 Å². The largest absolute Gasteiger partial charge is 0.382 e. The lowest BCUT2D eigenvalue weighted by atomic mass is 10.2. The van der Waals surface area contributed by atoms with E-state index in [4.69, 9.17) is 10.5 Å². The summed E-state index contributed by atoms with van der Waals surface area (Å²) >= 11 is 0. The highest BCUT2D eigenvalue weighted by molar-refractivity contribution is 7.90. The number of fused-ring (bicyclic) bond motifs is 1. The summed E-state index contributed by atoms with van der Waals surface area (Å²) in [5.41, 5.74) is 9.34. The normalized spacial score (nSPS) is 12.5. The van der Waals surface area contributed by atoms with Gasteiger partial charge in [-0.2, -0.15) is 0 Å². The summed E-state index contributed by atoms with van der Waals surface area (Å²) in [7, 11) is -7.17. The zero-order chi connectivity index (χ0) is 24.4. The summed E-state index contributed by atoms with van der Waals surface area (Å²) in [6.45, 7) is 7.26. The van der Waals surface area contributed by atoms with Crippen LogP contribution >= 0.6 is 0 Å². The summed E-state index contributed by atoms with van der Waals surface area (Å²) in [4.78, 5) is 9.04. The fraction of sp³-hybridized carbons (Fsp3) is 0.429. The van der Waals surface area contributed by atoms with Crippen molar-refractivity contribution in [2.75, 3.05) is 25.1 Å². The van der Waals surface area contributed by atoms with E-state index in [9.17, 15) is 16.8 Å². The van der Waals surface area contributed by atoms with Gasteiger partial charge in [-0.1, -0.05) is 0 Å². The van der Waals surface area contributed by atoms with E-state index in [1.807, 2.05) is 25.3 Å². The van der Waals surface area contributed by atoms with Crippen LogP contribution in [0.4, 0.5) is 5.82 Å². The van der Waals surface area contributed by atoms with E-state index in [2.05, 4.69) is 14.7 Å². The number of nitrogens with two attached hydrogens (primary N) is 1. The molecule has 0 aliphatic rings. The average Bonchev–Trinajstić information content (AvgIpc) is 3.12. The topological polar surface area (TPSA) is 146 Å². The number of rotatable bonds is 10. The van der Waals surface area contributed by atoms with Crippen LogP contribution in [0.15, 0.2) is 34.1 Å². The third kappa shape index (κ3) is 5.52. The van der Waals surface area contributed by atoms with Crippen molar-refractivity contribution in [3.05, 3.63) is 41.3 Å². The molecule has 0 bridgehead atoms. The van der Waals surface area contributed by atoms with E-state index < -0.39 is 19.9 Å². The molecular weight excluding hydrogens is 466 g/mol. The third-order valence-corrected chi connectivity index (χ3v) is 7.93. The van der Waals surface area contributed by atoms with Gasteiger partial charge in [0.25, 0.3) is 0 Å². The Balaban J connectivity index is 1.76. The van der Waals surface area contributed by atoms with Gasteiger partial charge in [0, 0.05) is 31.6 Å². The number of pyridine rings is 1. The molecule has 3 rings (SSSR count). The third-order valence-electron chi connectivity index (χ3n) is 5.32. The van der Waals surface area contributed by atoms with Crippen molar-refractivity contribution in [3.8, 4) is 0 Å². The van der Waals surface area contributed by atoms with Crippen LogP contribution in [0.5, 0.6) is 0 Å². The minimum atomic E-state index is -3.78. The number of nitrogens with one attached hydrogen (secondary N) is 1. The van der Waals surface area contributed by atoms with E-state index in [0.717, 1.165) is 23.0 Å². The van der Waals surface area contributed by atoms with Gasteiger partial charge in [0.05, 0.1) is 15.3 Å².